The van der Waals surface area contributed by atoms with Crippen LogP contribution in [0.4, 0.5) is 0 Å². The van der Waals surface area contributed by atoms with Gasteiger partial charge >= 0.3 is 7.75 Å². The first kappa shape index (κ1) is 44.8. The lowest BCUT2D eigenvalue weighted by Gasteiger charge is -2.38. The second-order valence-electron chi connectivity index (χ2n) is 16.8. The molecule has 4 heterocycles. The Labute approximate surface area is 370 Å². The average Bonchev–Trinajstić information content (AvgIpc) is 3.91. The Bertz CT molecular complexity index is 2500. The summed E-state index contributed by atoms with van der Waals surface area (Å²) in [6.45, 7) is 9.19. The van der Waals surface area contributed by atoms with E-state index in [1.807, 2.05) is 142 Å². The predicted molar refractivity (Wildman–Crippen MR) is 240 cm³/mol. The molecule has 6 aromatic rings. The molecule has 0 radical (unpaired) electrons. The number of nitrogens with one attached hydrogen (secondary N) is 2. The molecule has 2 aromatic heterocycles. The molecular formula is C47H52N5O9PS. The van der Waals surface area contributed by atoms with Gasteiger partial charge in [0.1, 0.15) is 23.4 Å². The summed E-state index contributed by atoms with van der Waals surface area (Å²) in [6.07, 6.45) is 0.480. The highest BCUT2D eigenvalue weighted by atomic mass is 32.2. The molecule has 2 unspecified atom stereocenters. The maximum absolute atomic E-state index is 14.6. The number of carbonyl (C=O) groups is 1. The summed E-state index contributed by atoms with van der Waals surface area (Å²) >= 11 is 1.08. The number of nitrogens with zero attached hydrogens (tertiary/aromatic N) is 3. The monoisotopic (exact) mass is 893 g/mol. The van der Waals surface area contributed by atoms with E-state index in [0.717, 1.165) is 34.0 Å². The Morgan fingerprint density at radius 2 is 1.46 bits per heavy atom. The van der Waals surface area contributed by atoms with Crippen LogP contribution in [-0.4, -0.2) is 73.8 Å². The third-order valence-electron chi connectivity index (χ3n) is 11.2. The number of hydrogen-bond acceptors (Lipinski definition) is 12. The van der Waals surface area contributed by atoms with E-state index < -0.39 is 54.1 Å². The first-order valence-corrected chi connectivity index (χ1v) is 23.4. The SMILES string of the molecule is CC1(C)OC2[C@@H](COP(=O)(NCc3ccccc3)OCCSC(=O)C(C)(C)COC(c3ccccc3)(c3ccccc3)c3ccccc3)O[C@@H](n3cnc4c(=O)[nH]cnc43)[C@@]2(C)O1. The minimum absolute atomic E-state index is 0.0719. The number of ether oxygens (including phenoxy) is 4. The van der Waals surface area contributed by atoms with Crippen LogP contribution in [0.15, 0.2) is 139 Å². The van der Waals surface area contributed by atoms with Crippen LogP contribution >= 0.6 is 19.5 Å². The third kappa shape index (κ3) is 9.40. The second kappa shape index (κ2) is 18.4. The van der Waals surface area contributed by atoms with Gasteiger partial charge in [0.15, 0.2) is 28.3 Å². The van der Waals surface area contributed by atoms with Crippen LogP contribution in [-0.2, 0) is 49.5 Å². The van der Waals surface area contributed by atoms with Gasteiger partial charge in [-0.3, -0.25) is 23.2 Å². The predicted octanol–water partition coefficient (Wildman–Crippen LogP) is 8.15. The average molecular weight is 894 g/mol. The summed E-state index contributed by atoms with van der Waals surface area (Å²) in [5, 5.41) is 2.88. The maximum atomic E-state index is 14.6. The fourth-order valence-corrected chi connectivity index (χ4v) is 10.5. The summed E-state index contributed by atoms with van der Waals surface area (Å²) in [5.41, 5.74) is 0.751. The number of benzene rings is 4. The number of thioether (sulfide) groups is 1. The fraction of sp³-hybridized carbons (Fsp3) is 0.362. The van der Waals surface area contributed by atoms with Gasteiger partial charge in [-0.2, -0.15) is 0 Å². The van der Waals surface area contributed by atoms with Gasteiger partial charge in [-0.25, -0.2) is 19.6 Å². The lowest BCUT2D eigenvalue weighted by atomic mass is 9.79. The van der Waals surface area contributed by atoms with Gasteiger partial charge in [0, 0.05) is 12.3 Å². The molecule has 8 rings (SSSR count). The summed E-state index contributed by atoms with van der Waals surface area (Å²) in [6, 6.07) is 39.5. The van der Waals surface area contributed by atoms with Crippen LogP contribution < -0.4 is 10.6 Å². The number of H-pyrrole nitrogens is 1. The van der Waals surface area contributed by atoms with Gasteiger partial charge in [-0.15, -0.1) is 0 Å². The van der Waals surface area contributed by atoms with E-state index in [-0.39, 0.29) is 42.8 Å². The number of imidazole rings is 1. The van der Waals surface area contributed by atoms with Gasteiger partial charge < -0.3 is 23.9 Å². The Morgan fingerprint density at radius 1 is 0.873 bits per heavy atom. The van der Waals surface area contributed by atoms with E-state index in [1.165, 1.54) is 12.7 Å². The van der Waals surface area contributed by atoms with Gasteiger partial charge in [0.25, 0.3) is 5.56 Å². The zero-order valence-corrected chi connectivity index (χ0v) is 37.6. The molecule has 14 nitrogen and oxygen atoms in total. The lowest BCUT2D eigenvalue weighted by Crippen LogP contribution is -2.42. The molecule has 2 aliphatic heterocycles. The number of rotatable bonds is 18. The number of hydrogen-bond donors (Lipinski definition) is 2. The normalized spacial score (nSPS) is 21.9. The molecule has 16 heteroatoms. The van der Waals surface area contributed by atoms with Gasteiger partial charge in [0.05, 0.1) is 37.9 Å². The molecule has 2 N–H and O–H groups in total. The Kier molecular flexibility index (Phi) is 13.1. The van der Waals surface area contributed by atoms with Crippen LogP contribution in [0.5, 0.6) is 0 Å². The Balaban J connectivity index is 0.955. The third-order valence-corrected chi connectivity index (χ3v) is 14.0. The van der Waals surface area contributed by atoms with E-state index in [9.17, 15) is 14.2 Å². The molecule has 0 bridgehead atoms. The first-order chi connectivity index (χ1) is 30.2. The van der Waals surface area contributed by atoms with Crippen molar-refractivity contribution in [2.24, 2.45) is 5.41 Å². The molecule has 330 valence electrons. The van der Waals surface area contributed by atoms with Crippen LogP contribution in [0.1, 0.15) is 63.1 Å². The standard InChI is InChI=1S/C47H52N5O9PS/c1-44(2,30-56-47(34-20-12-7-13-21-34,35-22-14-8-15-23-35)36-24-16-9-17-25-36)43(54)63-27-26-57-62(55,51-28-33-18-10-6-11-19-33)58-29-37-39-46(5,61-45(3,4)60-39)42(59-37)52-32-50-38-40(52)48-31-49-41(38)53/h6-25,31-32,37,39,42H,26-30H2,1-5H3,(H,51,55)(H,48,49,53)/t37-,39?,42-,46+,62?/m1/s1. The van der Waals surface area contributed by atoms with Crippen molar-refractivity contribution < 1.29 is 37.4 Å². The molecule has 2 fully saturated rings. The molecule has 2 aliphatic rings. The highest BCUT2D eigenvalue weighted by Gasteiger charge is 2.64. The van der Waals surface area contributed by atoms with Crippen molar-refractivity contribution >= 4 is 35.8 Å². The van der Waals surface area contributed by atoms with E-state index in [0.29, 0.717) is 5.65 Å². The number of aromatic nitrogens is 4. The summed E-state index contributed by atoms with van der Waals surface area (Å²) in [7, 11) is -4.04. The van der Waals surface area contributed by atoms with Crippen LogP contribution in [0, 0.1) is 5.41 Å². The summed E-state index contributed by atoms with van der Waals surface area (Å²) in [5.74, 6) is -0.807. The zero-order valence-electron chi connectivity index (χ0n) is 35.8. The van der Waals surface area contributed by atoms with Crippen molar-refractivity contribution in [1.29, 1.82) is 0 Å². The maximum Gasteiger partial charge on any atom is 0.405 e. The van der Waals surface area contributed by atoms with Crippen molar-refractivity contribution in [1.82, 2.24) is 24.6 Å². The number of carbonyl (C=O) groups excluding carboxylic acids is 1. The van der Waals surface area contributed by atoms with E-state index in [4.69, 9.17) is 28.0 Å². The Morgan fingerprint density at radius 3 is 2.06 bits per heavy atom. The smallest absolute Gasteiger partial charge is 0.360 e. The van der Waals surface area contributed by atoms with Crippen molar-refractivity contribution in [2.75, 3.05) is 25.6 Å². The largest absolute Gasteiger partial charge is 0.405 e. The highest BCUT2D eigenvalue weighted by Crippen LogP contribution is 2.53. The lowest BCUT2D eigenvalue weighted by molar-refractivity contribution is -0.216. The van der Waals surface area contributed by atoms with E-state index in [1.54, 1.807) is 18.4 Å². The molecule has 0 aliphatic carbocycles. The molecule has 63 heavy (non-hydrogen) atoms. The topological polar surface area (TPSA) is 165 Å². The number of fused-ring (bicyclic) bond motifs is 2. The van der Waals surface area contributed by atoms with Crippen molar-refractivity contribution in [3.05, 3.63) is 167 Å². The summed E-state index contributed by atoms with van der Waals surface area (Å²) in [4.78, 5) is 37.6. The molecule has 0 amide bonds. The molecule has 5 atom stereocenters. The van der Waals surface area contributed by atoms with Crippen molar-refractivity contribution in [2.45, 2.75) is 76.6 Å². The van der Waals surface area contributed by atoms with Crippen LogP contribution in [0.2, 0.25) is 0 Å². The van der Waals surface area contributed by atoms with Crippen molar-refractivity contribution in [3.63, 3.8) is 0 Å². The van der Waals surface area contributed by atoms with Crippen LogP contribution in [0.3, 0.4) is 0 Å². The molecule has 0 spiro atoms. The van der Waals surface area contributed by atoms with E-state index in [2.05, 4.69) is 20.0 Å². The van der Waals surface area contributed by atoms with Gasteiger partial charge in [-0.1, -0.05) is 133 Å². The summed E-state index contributed by atoms with van der Waals surface area (Å²) < 4.78 is 54.7. The van der Waals surface area contributed by atoms with Crippen LogP contribution in [0.25, 0.3) is 11.2 Å². The minimum Gasteiger partial charge on any atom is -0.360 e. The molecule has 2 saturated heterocycles. The minimum atomic E-state index is -4.04. The first-order valence-electron chi connectivity index (χ1n) is 20.8. The molecule has 0 saturated carbocycles. The fourth-order valence-electron chi connectivity index (χ4n) is 8.23. The van der Waals surface area contributed by atoms with E-state index >= 15 is 0 Å². The Hall–Kier alpha value is -4.80. The zero-order chi connectivity index (χ0) is 44.3. The quantitative estimate of drug-likeness (QED) is 0.0483. The van der Waals surface area contributed by atoms with Gasteiger partial charge in [0.2, 0.25) is 0 Å². The van der Waals surface area contributed by atoms with Crippen molar-refractivity contribution in [3.8, 4) is 0 Å². The molecular weight excluding hydrogens is 842 g/mol. The molecule has 4 aromatic carbocycles. The van der Waals surface area contributed by atoms with Gasteiger partial charge in [-0.05, 0) is 56.9 Å². The highest BCUT2D eigenvalue weighted by molar-refractivity contribution is 8.13. The second-order valence-corrected chi connectivity index (χ2v) is 19.7. The number of aromatic amines is 1.